The maximum atomic E-state index is 12.6. The molecule has 1 atom stereocenters. The van der Waals surface area contributed by atoms with E-state index in [9.17, 15) is 9.59 Å². The first-order valence-electron chi connectivity index (χ1n) is 9.48. The molecule has 152 valence electrons. The highest BCUT2D eigenvalue weighted by Crippen LogP contribution is 2.18. The van der Waals surface area contributed by atoms with Gasteiger partial charge in [0.2, 0.25) is 17.8 Å². The smallest absolute Gasteiger partial charge is 0.249 e. The predicted molar refractivity (Wildman–Crippen MR) is 111 cm³/mol. The molecule has 0 bridgehead atoms. The third kappa shape index (κ3) is 5.71. The molecule has 1 aliphatic heterocycles. The van der Waals surface area contributed by atoms with Crippen LogP contribution in [0.3, 0.4) is 0 Å². The summed E-state index contributed by atoms with van der Waals surface area (Å²) in [4.78, 5) is 28.9. The lowest BCUT2D eigenvalue weighted by molar-refractivity contribution is -0.124. The molecule has 29 heavy (non-hydrogen) atoms. The van der Waals surface area contributed by atoms with Crippen LogP contribution in [0.4, 0.5) is 11.4 Å². The van der Waals surface area contributed by atoms with E-state index in [1.165, 1.54) is 0 Å². The van der Waals surface area contributed by atoms with Crippen LogP contribution in [0.2, 0.25) is 0 Å². The third-order valence-corrected chi connectivity index (χ3v) is 4.09. The summed E-state index contributed by atoms with van der Waals surface area (Å²) in [6, 6.07) is 13.5. The van der Waals surface area contributed by atoms with E-state index < -0.39 is 6.04 Å². The second-order valence-corrected chi connectivity index (χ2v) is 6.27. The van der Waals surface area contributed by atoms with Gasteiger partial charge in [-0.25, -0.2) is 4.99 Å². The molecule has 8 heteroatoms. The molecule has 3 N–H and O–H groups in total. The van der Waals surface area contributed by atoms with Gasteiger partial charge in [-0.3, -0.25) is 14.9 Å². The van der Waals surface area contributed by atoms with Crippen LogP contribution in [0.25, 0.3) is 0 Å². The molecule has 2 amide bonds. The van der Waals surface area contributed by atoms with Gasteiger partial charge in [0.05, 0.1) is 19.6 Å². The van der Waals surface area contributed by atoms with Crippen molar-refractivity contribution in [2.24, 2.45) is 4.99 Å². The second-order valence-electron chi connectivity index (χ2n) is 6.27. The highest BCUT2D eigenvalue weighted by Gasteiger charge is 2.27. The lowest BCUT2D eigenvalue weighted by Gasteiger charge is -2.21. The van der Waals surface area contributed by atoms with Gasteiger partial charge in [-0.1, -0.05) is 0 Å². The summed E-state index contributed by atoms with van der Waals surface area (Å²) in [6.07, 6.45) is -0.0165. The molecule has 1 heterocycles. The molecule has 0 saturated heterocycles. The Kier molecular flexibility index (Phi) is 6.67. The summed E-state index contributed by atoms with van der Waals surface area (Å²) >= 11 is 0. The molecular weight excluding hydrogens is 372 g/mol. The summed E-state index contributed by atoms with van der Waals surface area (Å²) in [6.45, 7) is 4.97. The minimum absolute atomic E-state index is 0.0165. The van der Waals surface area contributed by atoms with Gasteiger partial charge in [0.1, 0.15) is 17.5 Å². The lowest BCUT2D eigenvalue weighted by atomic mass is 10.1. The zero-order chi connectivity index (χ0) is 20.6. The maximum Gasteiger partial charge on any atom is 0.249 e. The summed E-state index contributed by atoms with van der Waals surface area (Å²) in [5.74, 6) is 1.08. The van der Waals surface area contributed by atoms with Gasteiger partial charge < -0.3 is 20.1 Å². The lowest BCUT2D eigenvalue weighted by Crippen LogP contribution is -2.45. The summed E-state index contributed by atoms with van der Waals surface area (Å²) in [7, 11) is 0. The predicted octanol–water partition coefficient (Wildman–Crippen LogP) is 2.78. The Morgan fingerprint density at radius 1 is 1.00 bits per heavy atom. The molecule has 8 nitrogen and oxygen atoms in total. The molecule has 2 aromatic rings. The molecule has 1 aliphatic rings. The first-order chi connectivity index (χ1) is 14.1. The van der Waals surface area contributed by atoms with Crippen LogP contribution in [0, 0.1) is 0 Å². The number of nitrogens with one attached hydrogen (secondary N) is 3. The van der Waals surface area contributed by atoms with Crippen LogP contribution in [0.15, 0.2) is 53.5 Å². The van der Waals surface area contributed by atoms with Gasteiger partial charge >= 0.3 is 0 Å². The minimum atomic E-state index is -0.819. The van der Waals surface area contributed by atoms with Crippen LogP contribution in [0.5, 0.6) is 11.5 Å². The number of guanidine groups is 1. The van der Waals surface area contributed by atoms with Crippen molar-refractivity contribution in [3.05, 3.63) is 48.5 Å². The van der Waals surface area contributed by atoms with Gasteiger partial charge in [0, 0.05) is 11.4 Å². The van der Waals surface area contributed by atoms with Crippen LogP contribution in [-0.4, -0.2) is 37.0 Å². The maximum absolute atomic E-state index is 12.6. The average molecular weight is 396 g/mol. The summed E-state index contributed by atoms with van der Waals surface area (Å²) < 4.78 is 10.8. The molecule has 0 aromatic heterocycles. The number of carbonyl (C=O) groups excluding carboxylic acids is 2. The van der Waals surface area contributed by atoms with Gasteiger partial charge in [-0.15, -0.1) is 0 Å². The highest BCUT2D eigenvalue weighted by atomic mass is 16.5. The Morgan fingerprint density at radius 2 is 1.55 bits per heavy atom. The van der Waals surface area contributed by atoms with Crippen molar-refractivity contribution < 1.29 is 19.1 Å². The van der Waals surface area contributed by atoms with Gasteiger partial charge in [-0.2, -0.15) is 0 Å². The number of ether oxygens (including phenoxy) is 2. The van der Waals surface area contributed by atoms with E-state index in [2.05, 4.69) is 20.9 Å². The fraction of sp³-hybridized carbons (Fsp3) is 0.286. The SMILES string of the molecule is CCOc1ccc(NC(=O)[C@H]2CC(=O)NC(Nc3ccc(OCC)cc3)=N2)cc1. The Balaban J connectivity index is 1.65. The van der Waals surface area contributed by atoms with E-state index in [1.54, 1.807) is 24.3 Å². The van der Waals surface area contributed by atoms with Gasteiger partial charge in [-0.05, 0) is 62.4 Å². The van der Waals surface area contributed by atoms with E-state index in [-0.39, 0.29) is 24.2 Å². The standard InChI is InChI=1S/C21H24N4O4/c1-3-28-16-9-5-14(6-10-16)22-20(27)18-13-19(26)25-21(24-18)23-15-7-11-17(12-8-15)29-4-2/h5-12,18H,3-4,13H2,1-2H3,(H,22,27)(H2,23,24,25,26)/t18-/m1/s1. The van der Waals surface area contributed by atoms with Crippen LogP contribution in [0.1, 0.15) is 20.3 Å². The first kappa shape index (κ1) is 20.2. The summed E-state index contributed by atoms with van der Waals surface area (Å²) in [5, 5.41) is 8.45. The number of nitrogens with zero attached hydrogens (tertiary/aromatic N) is 1. The number of carbonyl (C=O) groups is 2. The average Bonchev–Trinajstić information content (AvgIpc) is 2.71. The molecular formula is C21H24N4O4. The van der Waals surface area contributed by atoms with Crippen LogP contribution >= 0.6 is 0 Å². The van der Waals surface area contributed by atoms with Crippen LogP contribution < -0.4 is 25.4 Å². The topological polar surface area (TPSA) is 101 Å². The van der Waals surface area contributed by atoms with Crippen molar-refractivity contribution in [1.29, 1.82) is 0 Å². The van der Waals surface area contributed by atoms with Crippen molar-refractivity contribution in [2.45, 2.75) is 26.3 Å². The highest BCUT2D eigenvalue weighted by molar-refractivity contribution is 6.10. The largest absolute Gasteiger partial charge is 0.494 e. The molecule has 3 rings (SSSR count). The van der Waals surface area contributed by atoms with E-state index in [0.29, 0.717) is 18.9 Å². The molecule has 0 fully saturated rings. The van der Waals surface area contributed by atoms with Gasteiger partial charge in [0.25, 0.3) is 0 Å². The molecule has 0 spiro atoms. The molecule has 0 radical (unpaired) electrons. The minimum Gasteiger partial charge on any atom is -0.494 e. The van der Waals surface area contributed by atoms with Crippen molar-refractivity contribution in [1.82, 2.24) is 5.32 Å². The fourth-order valence-electron chi connectivity index (χ4n) is 2.77. The zero-order valence-corrected chi connectivity index (χ0v) is 16.4. The monoisotopic (exact) mass is 396 g/mol. The van der Waals surface area contributed by atoms with Gasteiger partial charge in [0.15, 0.2) is 0 Å². The number of rotatable bonds is 7. The van der Waals surface area contributed by atoms with E-state index in [4.69, 9.17) is 9.47 Å². The third-order valence-electron chi connectivity index (χ3n) is 4.09. The number of hydrogen-bond acceptors (Lipinski definition) is 6. The second kappa shape index (κ2) is 9.59. The van der Waals surface area contributed by atoms with E-state index in [1.807, 2.05) is 38.1 Å². The fourth-order valence-corrected chi connectivity index (χ4v) is 2.77. The van der Waals surface area contributed by atoms with Crippen molar-refractivity contribution in [3.63, 3.8) is 0 Å². The number of anilines is 2. The Hall–Kier alpha value is -3.55. The number of benzene rings is 2. The van der Waals surface area contributed by atoms with Crippen molar-refractivity contribution >= 4 is 29.1 Å². The molecule has 2 aromatic carbocycles. The zero-order valence-electron chi connectivity index (χ0n) is 16.4. The normalized spacial score (nSPS) is 15.7. The number of amides is 2. The van der Waals surface area contributed by atoms with E-state index in [0.717, 1.165) is 17.2 Å². The Morgan fingerprint density at radius 3 is 2.10 bits per heavy atom. The quantitative estimate of drug-likeness (QED) is 0.668. The van der Waals surface area contributed by atoms with Crippen molar-refractivity contribution in [3.8, 4) is 11.5 Å². The Bertz CT molecular complexity index is 879. The number of hydrogen-bond donors (Lipinski definition) is 3. The number of aliphatic imine (C=N–C) groups is 1. The molecule has 0 saturated carbocycles. The first-order valence-corrected chi connectivity index (χ1v) is 9.48. The van der Waals surface area contributed by atoms with Crippen molar-refractivity contribution in [2.75, 3.05) is 23.8 Å². The molecule has 0 aliphatic carbocycles. The van der Waals surface area contributed by atoms with Crippen LogP contribution in [-0.2, 0) is 9.59 Å². The molecule has 0 unspecified atom stereocenters. The summed E-state index contributed by atoms with van der Waals surface area (Å²) in [5.41, 5.74) is 1.33. The van der Waals surface area contributed by atoms with E-state index >= 15 is 0 Å². The Labute approximate surface area is 169 Å².